The molecule has 0 heterocycles. The van der Waals surface area contributed by atoms with E-state index in [1.165, 1.54) is 5.56 Å². The first-order valence-corrected chi connectivity index (χ1v) is 8.24. The van der Waals surface area contributed by atoms with Crippen LogP contribution < -0.4 is 0 Å². The molecule has 0 amide bonds. The molecule has 0 aromatic heterocycles. The van der Waals surface area contributed by atoms with Crippen LogP contribution in [0.15, 0.2) is 29.3 Å². The molecule has 132 valence electrons. The van der Waals surface area contributed by atoms with Gasteiger partial charge in [0.2, 0.25) is 0 Å². The highest BCUT2D eigenvalue weighted by Crippen LogP contribution is 2.24. The van der Waals surface area contributed by atoms with Gasteiger partial charge in [-0.15, -0.1) is 0 Å². The summed E-state index contributed by atoms with van der Waals surface area (Å²) >= 11 is 0. The van der Waals surface area contributed by atoms with E-state index in [-0.39, 0.29) is 18.3 Å². The largest absolute Gasteiger partial charge is 0.466 e. The minimum Gasteiger partial charge on any atom is -0.466 e. The van der Waals surface area contributed by atoms with Crippen LogP contribution in [-0.4, -0.2) is 30.9 Å². The maximum Gasteiger partial charge on any atom is 0.311 e. The fourth-order valence-electron chi connectivity index (χ4n) is 2.12. The van der Waals surface area contributed by atoms with Crippen molar-refractivity contribution in [3.63, 3.8) is 0 Å². The lowest BCUT2D eigenvalue weighted by molar-refractivity contribution is -0.141. The van der Waals surface area contributed by atoms with Crippen LogP contribution in [0.4, 0.5) is 5.69 Å². The van der Waals surface area contributed by atoms with Gasteiger partial charge >= 0.3 is 11.9 Å². The molecule has 0 aliphatic rings. The van der Waals surface area contributed by atoms with Gasteiger partial charge in [-0.05, 0) is 37.0 Å². The molecule has 5 nitrogen and oxygen atoms in total. The second-order valence-electron chi connectivity index (χ2n) is 6.44. The molecule has 0 fully saturated rings. The number of ether oxygens (including phenoxy) is 2. The normalized spacial score (nSPS) is 10.9. The van der Waals surface area contributed by atoms with E-state index in [1.807, 2.05) is 24.3 Å². The number of carbonyl (C=O) groups excluding carboxylic acids is 2. The molecule has 0 unspecified atom stereocenters. The molecule has 24 heavy (non-hydrogen) atoms. The molecular formula is C19H27NO4. The number of hydrogen-bond donors (Lipinski definition) is 0. The predicted molar refractivity (Wildman–Crippen MR) is 94.7 cm³/mol. The third-order valence-corrected chi connectivity index (χ3v) is 3.33. The molecule has 0 saturated carbocycles. The van der Waals surface area contributed by atoms with Crippen molar-refractivity contribution in [1.29, 1.82) is 0 Å². The Labute approximate surface area is 144 Å². The molecule has 1 rings (SSSR count). The highest BCUT2D eigenvalue weighted by atomic mass is 16.5. The van der Waals surface area contributed by atoms with E-state index in [4.69, 9.17) is 9.47 Å². The van der Waals surface area contributed by atoms with Gasteiger partial charge < -0.3 is 9.47 Å². The topological polar surface area (TPSA) is 65.0 Å². The van der Waals surface area contributed by atoms with Crippen molar-refractivity contribution in [3.05, 3.63) is 29.8 Å². The molecule has 0 saturated heterocycles. The van der Waals surface area contributed by atoms with Gasteiger partial charge in [-0.1, -0.05) is 32.9 Å². The summed E-state index contributed by atoms with van der Waals surface area (Å²) in [5.74, 6) is -0.793. The smallest absolute Gasteiger partial charge is 0.311 e. The number of rotatable bonds is 7. The average Bonchev–Trinajstić information content (AvgIpc) is 2.47. The van der Waals surface area contributed by atoms with Gasteiger partial charge in [-0.25, -0.2) is 0 Å². The Kier molecular flexibility index (Phi) is 7.62. The molecule has 0 N–H and O–H groups in total. The summed E-state index contributed by atoms with van der Waals surface area (Å²) in [6.45, 7) is 10.5. The van der Waals surface area contributed by atoms with Crippen LogP contribution in [0, 0.1) is 0 Å². The molecule has 1 aromatic carbocycles. The molecular weight excluding hydrogens is 306 g/mol. The second-order valence-corrected chi connectivity index (χ2v) is 6.44. The van der Waals surface area contributed by atoms with Crippen molar-refractivity contribution in [1.82, 2.24) is 0 Å². The SMILES string of the molecule is CCOC(=O)CC(CC(=O)OCC)=Nc1ccc(C(C)(C)C)cc1. The zero-order chi connectivity index (χ0) is 18.2. The number of nitrogens with zero attached hydrogens (tertiary/aromatic N) is 1. The van der Waals surface area contributed by atoms with E-state index in [2.05, 4.69) is 25.8 Å². The quantitative estimate of drug-likeness (QED) is 0.559. The van der Waals surface area contributed by atoms with Crippen molar-refractivity contribution in [2.75, 3.05) is 13.2 Å². The Morgan fingerprint density at radius 2 is 1.38 bits per heavy atom. The van der Waals surface area contributed by atoms with Gasteiger partial charge in [0, 0.05) is 5.71 Å². The first-order valence-electron chi connectivity index (χ1n) is 8.24. The Balaban J connectivity index is 2.96. The lowest BCUT2D eigenvalue weighted by atomic mass is 9.87. The molecule has 0 atom stereocenters. The van der Waals surface area contributed by atoms with Crippen LogP contribution in [0.25, 0.3) is 0 Å². The first-order chi connectivity index (χ1) is 11.3. The van der Waals surface area contributed by atoms with Crippen LogP contribution in [-0.2, 0) is 24.5 Å². The number of esters is 2. The van der Waals surface area contributed by atoms with Crippen LogP contribution in [0.2, 0.25) is 0 Å². The van der Waals surface area contributed by atoms with Gasteiger partial charge in [-0.2, -0.15) is 0 Å². The maximum atomic E-state index is 11.7. The van der Waals surface area contributed by atoms with E-state index in [9.17, 15) is 9.59 Å². The average molecular weight is 333 g/mol. The van der Waals surface area contributed by atoms with E-state index >= 15 is 0 Å². The molecule has 0 bridgehead atoms. The highest BCUT2D eigenvalue weighted by molar-refractivity contribution is 6.07. The summed E-state index contributed by atoms with van der Waals surface area (Å²) < 4.78 is 9.89. The summed E-state index contributed by atoms with van der Waals surface area (Å²) in [4.78, 5) is 27.9. The van der Waals surface area contributed by atoms with E-state index in [1.54, 1.807) is 13.8 Å². The Morgan fingerprint density at radius 1 is 0.917 bits per heavy atom. The minimum atomic E-state index is -0.396. The summed E-state index contributed by atoms with van der Waals surface area (Å²) in [7, 11) is 0. The lowest BCUT2D eigenvalue weighted by Crippen LogP contribution is -2.16. The van der Waals surface area contributed by atoms with Crippen molar-refractivity contribution < 1.29 is 19.1 Å². The van der Waals surface area contributed by atoms with Crippen LogP contribution in [0.5, 0.6) is 0 Å². The predicted octanol–water partition coefficient (Wildman–Crippen LogP) is 3.96. The standard InChI is InChI=1S/C19H27NO4/c1-6-23-17(21)12-16(13-18(22)24-7-2)20-15-10-8-14(9-11-15)19(3,4)5/h8-11H,6-7,12-13H2,1-5H3. The fourth-order valence-corrected chi connectivity index (χ4v) is 2.12. The van der Waals surface area contributed by atoms with Crippen LogP contribution in [0.1, 0.15) is 53.0 Å². The van der Waals surface area contributed by atoms with E-state index < -0.39 is 11.9 Å². The number of aliphatic imine (C=N–C) groups is 1. The molecule has 0 radical (unpaired) electrons. The summed E-state index contributed by atoms with van der Waals surface area (Å²) in [5, 5.41) is 0. The van der Waals surface area contributed by atoms with Gasteiger partial charge in [-0.3, -0.25) is 14.6 Å². The molecule has 5 heteroatoms. The highest BCUT2D eigenvalue weighted by Gasteiger charge is 2.15. The first kappa shape index (κ1) is 19.9. The third kappa shape index (κ3) is 6.94. The van der Waals surface area contributed by atoms with E-state index in [0.29, 0.717) is 24.6 Å². The monoisotopic (exact) mass is 333 g/mol. The number of hydrogen-bond acceptors (Lipinski definition) is 5. The van der Waals surface area contributed by atoms with Crippen LogP contribution in [0.3, 0.4) is 0 Å². The fraction of sp³-hybridized carbons (Fsp3) is 0.526. The minimum absolute atomic E-state index is 0.0202. The van der Waals surface area contributed by atoms with Crippen molar-refractivity contribution in [2.45, 2.75) is 52.9 Å². The summed E-state index contributed by atoms with van der Waals surface area (Å²) in [5.41, 5.74) is 2.39. The van der Waals surface area contributed by atoms with Crippen molar-refractivity contribution >= 4 is 23.3 Å². The Morgan fingerprint density at radius 3 is 1.75 bits per heavy atom. The molecule has 0 spiro atoms. The van der Waals surface area contributed by atoms with E-state index in [0.717, 1.165) is 0 Å². The summed E-state index contributed by atoms with van der Waals surface area (Å²) in [6.07, 6.45) is -0.0403. The van der Waals surface area contributed by atoms with Crippen molar-refractivity contribution in [2.24, 2.45) is 4.99 Å². The van der Waals surface area contributed by atoms with Crippen LogP contribution >= 0.6 is 0 Å². The van der Waals surface area contributed by atoms with Gasteiger partial charge in [0.15, 0.2) is 0 Å². The molecule has 0 aliphatic carbocycles. The zero-order valence-electron chi connectivity index (χ0n) is 15.2. The van der Waals surface area contributed by atoms with Gasteiger partial charge in [0.05, 0.1) is 31.7 Å². The van der Waals surface area contributed by atoms with Crippen molar-refractivity contribution in [3.8, 4) is 0 Å². The van der Waals surface area contributed by atoms with Gasteiger partial charge in [0.25, 0.3) is 0 Å². The zero-order valence-corrected chi connectivity index (χ0v) is 15.2. The maximum absolute atomic E-state index is 11.7. The lowest BCUT2D eigenvalue weighted by Gasteiger charge is -2.18. The Bertz CT molecular complexity index is 560. The third-order valence-electron chi connectivity index (χ3n) is 3.33. The van der Waals surface area contributed by atoms with Gasteiger partial charge in [0.1, 0.15) is 0 Å². The second kappa shape index (κ2) is 9.21. The Hall–Kier alpha value is -2.17. The number of benzene rings is 1. The number of carbonyl (C=O) groups is 2. The summed E-state index contributed by atoms with van der Waals surface area (Å²) in [6, 6.07) is 7.78. The molecule has 0 aliphatic heterocycles. The molecule has 1 aromatic rings.